The summed E-state index contributed by atoms with van der Waals surface area (Å²) in [7, 11) is 0. The number of benzene rings is 8. The van der Waals surface area contributed by atoms with Crippen LogP contribution in [0.4, 0.5) is 34.1 Å². The molecule has 0 atom stereocenters. The fraction of sp³-hybridized carbons (Fsp3) is 0.123. The maximum Gasteiger partial charge on any atom is 0.0727 e. The van der Waals surface area contributed by atoms with E-state index in [0.717, 1.165) is 34.1 Å². The summed E-state index contributed by atoms with van der Waals surface area (Å²) < 4.78 is 0. The van der Waals surface area contributed by atoms with Gasteiger partial charge in [-0.15, -0.1) is 45.3 Å². The molecule has 0 saturated carbocycles. The summed E-state index contributed by atoms with van der Waals surface area (Å²) >= 11 is 7.48. The summed E-state index contributed by atoms with van der Waals surface area (Å²) in [6.07, 6.45) is 0. The average molecular weight is 1090 g/mol. The minimum atomic E-state index is -0.602. The molecule has 1 spiro atoms. The molecule has 0 N–H and O–H groups in total. The predicted molar refractivity (Wildman–Crippen MR) is 343 cm³/mol. The Labute approximate surface area is 480 Å². The highest BCUT2D eigenvalue weighted by Crippen LogP contribution is 2.64. The number of hydrogen-bond donors (Lipinski definition) is 0. The molecular weight excluding hydrogens is 1030 g/mol. The fourth-order valence-corrected chi connectivity index (χ4v) is 17.2. The maximum atomic E-state index is 2.52. The van der Waals surface area contributed by atoms with E-state index in [-0.39, 0.29) is 0 Å². The molecule has 0 radical (unpaired) electrons. The van der Waals surface area contributed by atoms with Crippen LogP contribution in [0.5, 0.6) is 0 Å². The summed E-state index contributed by atoms with van der Waals surface area (Å²) in [5.74, 6) is 0. The van der Waals surface area contributed by atoms with Gasteiger partial charge in [0.25, 0.3) is 0 Å². The molecule has 2 nitrogen and oxygen atoms in total. The van der Waals surface area contributed by atoms with E-state index in [9.17, 15) is 0 Å². The highest BCUT2D eigenvalue weighted by Gasteiger charge is 2.52. The third kappa shape index (κ3) is 8.14. The molecule has 6 heteroatoms. The monoisotopic (exact) mass is 1090 g/mol. The summed E-state index contributed by atoms with van der Waals surface area (Å²) in [6.45, 7) is 17.7. The van der Waals surface area contributed by atoms with Crippen LogP contribution in [0.25, 0.3) is 64.0 Å². The van der Waals surface area contributed by atoms with Crippen LogP contribution in [-0.2, 0) is 5.41 Å². The number of fused-ring (bicyclic) bond motifs is 10. The lowest BCUT2D eigenvalue weighted by Gasteiger charge is -2.33. The molecule has 14 rings (SSSR count). The molecule has 0 amide bonds. The minimum absolute atomic E-state index is 0.602. The molecule has 4 aromatic heterocycles. The number of thiophene rings is 4. The zero-order valence-corrected chi connectivity index (χ0v) is 48.9. The van der Waals surface area contributed by atoms with Gasteiger partial charge < -0.3 is 9.80 Å². The third-order valence-corrected chi connectivity index (χ3v) is 21.1. The van der Waals surface area contributed by atoms with Crippen LogP contribution in [0.1, 0.15) is 64.0 Å². The van der Waals surface area contributed by atoms with Gasteiger partial charge in [-0.05, 0) is 241 Å². The van der Waals surface area contributed by atoms with E-state index in [4.69, 9.17) is 0 Å². The number of rotatable bonds is 10. The summed E-state index contributed by atoms with van der Waals surface area (Å²) in [5, 5.41) is 0. The first kappa shape index (κ1) is 49.5. The predicted octanol–water partition coefficient (Wildman–Crippen LogP) is 22.4. The van der Waals surface area contributed by atoms with Gasteiger partial charge in [0, 0.05) is 73.1 Å². The first-order chi connectivity index (χ1) is 38.4. The van der Waals surface area contributed by atoms with Crippen molar-refractivity contribution in [1.29, 1.82) is 0 Å². The summed E-state index contributed by atoms with van der Waals surface area (Å²) in [4.78, 5) is 15.6. The smallest absolute Gasteiger partial charge is 0.0727 e. The van der Waals surface area contributed by atoms with E-state index in [1.807, 2.05) is 45.3 Å². The van der Waals surface area contributed by atoms with Gasteiger partial charge in [0.1, 0.15) is 0 Å². The Morgan fingerprint density at radius 2 is 0.506 bits per heavy atom. The van der Waals surface area contributed by atoms with Crippen molar-refractivity contribution in [2.75, 3.05) is 9.80 Å². The lowest BCUT2D eigenvalue weighted by atomic mass is 9.70. The van der Waals surface area contributed by atoms with Gasteiger partial charge in [-0.1, -0.05) is 109 Å². The van der Waals surface area contributed by atoms with Crippen LogP contribution >= 0.6 is 45.3 Å². The van der Waals surface area contributed by atoms with E-state index in [0.29, 0.717) is 0 Å². The standard InChI is InChI=1S/C73H58N2S4/c1-43-37-47(5)76-69(43)51-17-25-55(26-18-51)74(56-27-19-52(20-28-56)70-44(2)38-48(6)77-70)59-33-35-63-61-13-9-11-15-65(61)73(67(63)41-59)66-16-12-10-14-62(66)64-36-34-60(42-68(64)73)75(57-29-21-53(22-30-57)71-45(3)39-49(7)78-71)58-31-23-54(24-32-58)72-46(4)40-50(8)79-72/h9-42H,1-8H3. The van der Waals surface area contributed by atoms with Gasteiger partial charge in [0.05, 0.1) is 5.41 Å². The molecule has 0 unspecified atom stereocenters. The van der Waals surface area contributed by atoms with Crippen LogP contribution in [0.3, 0.4) is 0 Å². The Bertz CT molecular complexity index is 3870. The summed E-state index contributed by atoms with van der Waals surface area (Å²) in [5.41, 5.74) is 26.7. The molecule has 2 aliphatic rings. The van der Waals surface area contributed by atoms with Gasteiger partial charge in [0.2, 0.25) is 0 Å². The van der Waals surface area contributed by atoms with Gasteiger partial charge in [-0.25, -0.2) is 0 Å². The highest BCUT2D eigenvalue weighted by molar-refractivity contribution is 7.16. The zero-order valence-electron chi connectivity index (χ0n) is 45.7. The third-order valence-electron chi connectivity index (χ3n) is 16.3. The molecule has 0 saturated heterocycles. The number of anilines is 6. The first-order valence-electron chi connectivity index (χ1n) is 27.2. The van der Waals surface area contributed by atoms with Crippen molar-refractivity contribution in [2.24, 2.45) is 0 Å². The molecule has 12 aromatic rings. The molecular formula is C73H58N2S4. The maximum absolute atomic E-state index is 2.52. The number of hydrogen-bond acceptors (Lipinski definition) is 6. The van der Waals surface area contributed by atoms with E-state index < -0.39 is 5.41 Å². The summed E-state index contributed by atoms with van der Waals surface area (Å²) in [6, 6.07) is 79.1. The second kappa shape index (κ2) is 19.2. The second-order valence-corrected chi connectivity index (χ2v) is 26.7. The Kier molecular flexibility index (Phi) is 12.0. The van der Waals surface area contributed by atoms with Crippen LogP contribution in [0.2, 0.25) is 0 Å². The van der Waals surface area contributed by atoms with E-state index >= 15 is 0 Å². The molecule has 8 aromatic carbocycles. The van der Waals surface area contributed by atoms with Gasteiger partial charge in [-0.2, -0.15) is 0 Å². The van der Waals surface area contributed by atoms with Crippen LogP contribution in [0, 0.1) is 55.4 Å². The molecule has 79 heavy (non-hydrogen) atoms. The van der Waals surface area contributed by atoms with Crippen molar-refractivity contribution in [3.8, 4) is 64.0 Å². The Morgan fingerprint density at radius 1 is 0.253 bits per heavy atom. The van der Waals surface area contributed by atoms with Crippen molar-refractivity contribution in [2.45, 2.75) is 60.8 Å². The van der Waals surface area contributed by atoms with Crippen molar-refractivity contribution in [1.82, 2.24) is 0 Å². The topological polar surface area (TPSA) is 6.48 Å². The van der Waals surface area contributed by atoms with Crippen molar-refractivity contribution < 1.29 is 0 Å². The Balaban J connectivity index is 0.956. The molecule has 384 valence electrons. The quantitative estimate of drug-likeness (QED) is 0.135. The van der Waals surface area contributed by atoms with Crippen molar-refractivity contribution in [3.63, 3.8) is 0 Å². The fourth-order valence-electron chi connectivity index (χ4n) is 13.0. The molecule has 0 fully saturated rings. The first-order valence-corrected chi connectivity index (χ1v) is 30.5. The largest absolute Gasteiger partial charge is 0.310 e. The van der Waals surface area contributed by atoms with Crippen LogP contribution in [-0.4, -0.2) is 0 Å². The van der Waals surface area contributed by atoms with E-state index in [2.05, 4.69) is 271 Å². The second-order valence-electron chi connectivity index (χ2n) is 21.6. The van der Waals surface area contributed by atoms with E-state index in [1.54, 1.807) is 0 Å². The highest BCUT2D eigenvalue weighted by atomic mass is 32.1. The van der Waals surface area contributed by atoms with Gasteiger partial charge in [0.15, 0.2) is 0 Å². The van der Waals surface area contributed by atoms with Crippen LogP contribution in [0.15, 0.2) is 206 Å². The number of aryl methyl sites for hydroxylation is 8. The van der Waals surface area contributed by atoms with Crippen molar-refractivity contribution >= 4 is 79.5 Å². The average Bonchev–Trinajstić information content (AvgIpc) is 3.85. The molecule has 0 aliphatic heterocycles. The normalized spacial score (nSPS) is 12.7. The lowest BCUT2D eigenvalue weighted by Crippen LogP contribution is -2.26. The van der Waals surface area contributed by atoms with Gasteiger partial charge in [-0.3, -0.25) is 0 Å². The SMILES string of the molecule is Cc1cc(C)c(-c2ccc(N(c3ccc(-c4sc(C)cc4C)cc3)c3ccc4c(c3)C3(c5ccccc5-4)c4ccccc4-c4ccc(N(c5ccc(-c6sc(C)cc6C)cc5)c5ccc(-c6sc(C)cc6C)cc5)cc43)cc2)s1. The Morgan fingerprint density at radius 3 is 0.772 bits per heavy atom. The lowest BCUT2D eigenvalue weighted by molar-refractivity contribution is 0.793. The molecule has 4 heterocycles. The number of nitrogens with zero attached hydrogens (tertiary/aromatic N) is 2. The molecule has 0 bridgehead atoms. The minimum Gasteiger partial charge on any atom is -0.310 e. The van der Waals surface area contributed by atoms with E-state index in [1.165, 1.54) is 128 Å². The van der Waals surface area contributed by atoms with Crippen LogP contribution < -0.4 is 9.80 Å². The zero-order chi connectivity index (χ0) is 53.8. The van der Waals surface area contributed by atoms with Crippen molar-refractivity contribution in [3.05, 3.63) is 270 Å². The Hall–Kier alpha value is -7.84. The molecule has 2 aliphatic carbocycles. The van der Waals surface area contributed by atoms with Gasteiger partial charge >= 0.3 is 0 Å².